The highest BCUT2D eigenvalue weighted by atomic mass is 32.2. The number of benzene rings is 2. The summed E-state index contributed by atoms with van der Waals surface area (Å²) < 4.78 is 28.4. The first-order valence-corrected chi connectivity index (χ1v) is 10.8. The molecule has 1 aliphatic heterocycles. The molecule has 148 valence electrons. The molecule has 1 saturated heterocycles. The summed E-state index contributed by atoms with van der Waals surface area (Å²) in [4.78, 5) is 26.7. The van der Waals surface area contributed by atoms with E-state index in [1.807, 2.05) is 6.92 Å². The van der Waals surface area contributed by atoms with Gasteiger partial charge in [-0.3, -0.25) is 9.59 Å². The minimum atomic E-state index is -3.29. The topological polar surface area (TPSA) is 92.8 Å². The van der Waals surface area contributed by atoms with Gasteiger partial charge in [-0.15, -0.1) is 0 Å². The molecule has 0 aliphatic carbocycles. The standard InChI is InChI=1S/C20H22N2O5S/c1-3-27-17-8-6-16(7-9-17)22-13-14(12-19(22)23)20(24)21-15-4-10-18(11-5-15)28(2,25)26/h4-11,14H,3,12-13H2,1-2H3,(H,21,24). The Labute approximate surface area is 164 Å². The Morgan fingerprint density at radius 1 is 1.14 bits per heavy atom. The van der Waals surface area contributed by atoms with Crippen molar-refractivity contribution in [2.75, 3.05) is 29.6 Å². The highest BCUT2D eigenvalue weighted by Crippen LogP contribution is 2.27. The molecule has 0 bridgehead atoms. The fourth-order valence-electron chi connectivity index (χ4n) is 3.05. The number of sulfone groups is 1. The van der Waals surface area contributed by atoms with Gasteiger partial charge in [-0.1, -0.05) is 0 Å². The molecule has 7 nitrogen and oxygen atoms in total. The number of nitrogens with zero attached hydrogens (tertiary/aromatic N) is 1. The lowest BCUT2D eigenvalue weighted by molar-refractivity contribution is -0.122. The summed E-state index contributed by atoms with van der Waals surface area (Å²) in [6.45, 7) is 2.76. The molecule has 0 saturated carbocycles. The smallest absolute Gasteiger partial charge is 0.229 e. The van der Waals surface area contributed by atoms with Gasteiger partial charge < -0.3 is 15.0 Å². The first-order chi connectivity index (χ1) is 13.3. The summed E-state index contributed by atoms with van der Waals surface area (Å²) in [5, 5.41) is 2.75. The monoisotopic (exact) mass is 402 g/mol. The van der Waals surface area contributed by atoms with Crippen LogP contribution in [0.4, 0.5) is 11.4 Å². The molecule has 1 aliphatic rings. The molecular weight excluding hydrogens is 380 g/mol. The Morgan fingerprint density at radius 3 is 2.36 bits per heavy atom. The van der Waals surface area contributed by atoms with Crippen molar-refractivity contribution in [1.29, 1.82) is 0 Å². The molecule has 1 atom stereocenters. The van der Waals surface area contributed by atoms with Gasteiger partial charge >= 0.3 is 0 Å². The van der Waals surface area contributed by atoms with Gasteiger partial charge in [0, 0.05) is 30.6 Å². The van der Waals surface area contributed by atoms with Crippen LogP contribution in [-0.2, 0) is 19.4 Å². The van der Waals surface area contributed by atoms with Gasteiger partial charge in [0.2, 0.25) is 11.8 Å². The van der Waals surface area contributed by atoms with Gasteiger partial charge in [0.15, 0.2) is 9.84 Å². The van der Waals surface area contributed by atoms with Crippen molar-refractivity contribution in [1.82, 2.24) is 0 Å². The van der Waals surface area contributed by atoms with Crippen LogP contribution in [0.25, 0.3) is 0 Å². The molecule has 8 heteroatoms. The van der Waals surface area contributed by atoms with E-state index >= 15 is 0 Å². The van der Waals surface area contributed by atoms with Gasteiger partial charge in [-0.2, -0.15) is 0 Å². The van der Waals surface area contributed by atoms with Gasteiger partial charge in [0.05, 0.1) is 17.4 Å². The van der Waals surface area contributed by atoms with Gasteiger partial charge in [0.1, 0.15) is 5.75 Å². The van der Waals surface area contributed by atoms with E-state index in [9.17, 15) is 18.0 Å². The van der Waals surface area contributed by atoms with Crippen molar-refractivity contribution in [2.24, 2.45) is 5.92 Å². The zero-order valence-electron chi connectivity index (χ0n) is 15.7. The highest BCUT2D eigenvalue weighted by molar-refractivity contribution is 7.90. The minimum absolute atomic E-state index is 0.114. The second kappa shape index (κ2) is 8.02. The number of hydrogen-bond acceptors (Lipinski definition) is 5. The predicted molar refractivity (Wildman–Crippen MR) is 106 cm³/mol. The average Bonchev–Trinajstić information content (AvgIpc) is 3.04. The average molecular weight is 402 g/mol. The Balaban J connectivity index is 1.65. The first kappa shape index (κ1) is 19.9. The third-order valence-electron chi connectivity index (χ3n) is 4.51. The number of carbonyl (C=O) groups excluding carboxylic acids is 2. The summed E-state index contributed by atoms with van der Waals surface area (Å²) in [6.07, 6.45) is 1.25. The van der Waals surface area contributed by atoms with Crippen molar-refractivity contribution in [3.63, 3.8) is 0 Å². The second-order valence-corrected chi connectivity index (χ2v) is 8.63. The molecular formula is C20H22N2O5S. The predicted octanol–water partition coefficient (Wildman–Crippen LogP) is 2.48. The van der Waals surface area contributed by atoms with E-state index in [2.05, 4.69) is 5.32 Å². The van der Waals surface area contributed by atoms with E-state index in [-0.39, 0.29) is 23.1 Å². The number of amides is 2. The molecule has 2 aromatic carbocycles. The molecule has 2 amide bonds. The lowest BCUT2D eigenvalue weighted by Gasteiger charge is -2.17. The first-order valence-electron chi connectivity index (χ1n) is 8.92. The maximum Gasteiger partial charge on any atom is 0.229 e. The number of anilines is 2. The van der Waals surface area contributed by atoms with Crippen molar-refractivity contribution in [3.05, 3.63) is 48.5 Å². The van der Waals surface area contributed by atoms with Crippen molar-refractivity contribution in [3.8, 4) is 5.75 Å². The zero-order valence-corrected chi connectivity index (χ0v) is 16.5. The summed E-state index contributed by atoms with van der Waals surface area (Å²) >= 11 is 0. The Morgan fingerprint density at radius 2 is 1.79 bits per heavy atom. The zero-order chi connectivity index (χ0) is 20.3. The molecule has 3 rings (SSSR count). The molecule has 1 fully saturated rings. The summed E-state index contributed by atoms with van der Waals surface area (Å²) in [5.41, 5.74) is 1.21. The maximum atomic E-state index is 12.5. The Hall–Kier alpha value is -2.87. The third-order valence-corrected chi connectivity index (χ3v) is 5.63. The number of nitrogens with one attached hydrogen (secondary N) is 1. The van der Waals surface area contributed by atoms with E-state index in [1.165, 1.54) is 24.3 Å². The van der Waals surface area contributed by atoms with Crippen LogP contribution >= 0.6 is 0 Å². The number of rotatable bonds is 6. The van der Waals surface area contributed by atoms with Crippen molar-refractivity contribution >= 4 is 33.0 Å². The summed E-state index contributed by atoms with van der Waals surface area (Å²) in [5.74, 6) is -0.135. The molecule has 0 radical (unpaired) electrons. The van der Waals surface area contributed by atoms with Crippen LogP contribution in [0.15, 0.2) is 53.4 Å². The molecule has 28 heavy (non-hydrogen) atoms. The quantitative estimate of drug-likeness (QED) is 0.801. The van der Waals surface area contributed by atoms with Crippen LogP contribution in [0.3, 0.4) is 0 Å². The fourth-order valence-corrected chi connectivity index (χ4v) is 3.68. The summed E-state index contributed by atoms with van der Waals surface area (Å²) in [6, 6.07) is 13.1. The minimum Gasteiger partial charge on any atom is -0.494 e. The fraction of sp³-hybridized carbons (Fsp3) is 0.300. The van der Waals surface area contributed by atoms with Crippen LogP contribution in [0, 0.1) is 5.92 Å². The van der Waals surface area contributed by atoms with Crippen molar-refractivity contribution in [2.45, 2.75) is 18.2 Å². The van der Waals surface area contributed by atoms with Gasteiger partial charge in [0.25, 0.3) is 0 Å². The number of ether oxygens (including phenoxy) is 1. The van der Waals surface area contributed by atoms with E-state index < -0.39 is 15.8 Å². The normalized spacial score (nSPS) is 16.9. The largest absolute Gasteiger partial charge is 0.494 e. The van der Waals surface area contributed by atoms with E-state index in [1.54, 1.807) is 29.2 Å². The van der Waals surface area contributed by atoms with Crippen LogP contribution in [0.5, 0.6) is 5.75 Å². The van der Waals surface area contributed by atoms with E-state index in [4.69, 9.17) is 4.74 Å². The van der Waals surface area contributed by atoms with Crippen LogP contribution in [0.1, 0.15) is 13.3 Å². The molecule has 1 unspecified atom stereocenters. The van der Waals surface area contributed by atoms with Crippen LogP contribution in [0.2, 0.25) is 0 Å². The van der Waals surface area contributed by atoms with Crippen LogP contribution in [-0.4, -0.2) is 39.6 Å². The van der Waals surface area contributed by atoms with Gasteiger partial charge in [-0.25, -0.2) is 8.42 Å². The molecule has 0 aromatic heterocycles. The SMILES string of the molecule is CCOc1ccc(N2CC(C(=O)Nc3ccc(S(C)(=O)=O)cc3)CC2=O)cc1. The van der Waals surface area contributed by atoms with Gasteiger partial charge in [-0.05, 0) is 55.5 Å². The lowest BCUT2D eigenvalue weighted by Crippen LogP contribution is -2.28. The van der Waals surface area contributed by atoms with Crippen LogP contribution < -0.4 is 15.0 Å². The molecule has 1 heterocycles. The Kier molecular flexibility index (Phi) is 5.69. The van der Waals surface area contributed by atoms with E-state index in [0.717, 1.165) is 17.7 Å². The maximum absolute atomic E-state index is 12.5. The lowest BCUT2D eigenvalue weighted by atomic mass is 10.1. The van der Waals surface area contributed by atoms with Crippen molar-refractivity contribution < 1.29 is 22.7 Å². The molecule has 2 aromatic rings. The number of hydrogen-bond donors (Lipinski definition) is 1. The number of carbonyl (C=O) groups is 2. The third kappa shape index (κ3) is 4.51. The second-order valence-electron chi connectivity index (χ2n) is 6.62. The van der Waals surface area contributed by atoms with E-state index in [0.29, 0.717) is 18.8 Å². The molecule has 0 spiro atoms. The Bertz CT molecular complexity index is 969. The highest BCUT2D eigenvalue weighted by Gasteiger charge is 2.35. The summed E-state index contributed by atoms with van der Waals surface area (Å²) in [7, 11) is -3.29. The molecule has 1 N–H and O–H groups in total.